The van der Waals surface area contributed by atoms with E-state index in [0.29, 0.717) is 0 Å². The summed E-state index contributed by atoms with van der Waals surface area (Å²) >= 11 is 0. The molecule has 22 heteroatoms. The first kappa shape index (κ1) is 31.7. The molecule has 0 aromatic heterocycles. The Balaban J connectivity index is 3.68. The molecule has 0 fully saturated rings. The average molecular weight is 594 g/mol. The largest absolute Gasteiger partial charge is 0.460 e. The van der Waals surface area contributed by atoms with Gasteiger partial charge in [-0.25, -0.2) is 4.39 Å². The summed E-state index contributed by atoms with van der Waals surface area (Å²) in [7, 11) is -7.74. The van der Waals surface area contributed by atoms with E-state index in [1.165, 1.54) is 0 Å². The molecule has 0 aliphatic heterocycles. The van der Waals surface area contributed by atoms with Crippen molar-refractivity contribution in [3.05, 3.63) is 30.1 Å². The number of halogens is 18. The van der Waals surface area contributed by atoms with E-state index in [1.807, 2.05) is 0 Å². The van der Waals surface area contributed by atoms with Crippen molar-refractivity contribution in [1.82, 2.24) is 0 Å². The highest BCUT2D eigenvalue weighted by Crippen LogP contribution is 2.64. The van der Waals surface area contributed by atoms with Crippen molar-refractivity contribution >= 4 is 10.1 Å². The number of benzene rings is 1. The van der Waals surface area contributed by atoms with E-state index in [0.717, 1.165) is 0 Å². The molecule has 1 aromatic carbocycles. The molecule has 0 unspecified atom stereocenters. The van der Waals surface area contributed by atoms with E-state index in [9.17, 15) is 87.4 Å². The van der Waals surface area contributed by atoms with Crippen molar-refractivity contribution in [1.29, 1.82) is 0 Å². The monoisotopic (exact) mass is 594 g/mol. The number of rotatable bonds is 9. The second-order valence-electron chi connectivity index (χ2n) is 6.45. The zero-order valence-electron chi connectivity index (χ0n) is 15.7. The highest BCUT2D eigenvalue weighted by molar-refractivity contribution is 7.88. The van der Waals surface area contributed by atoms with Gasteiger partial charge in [-0.15, -0.1) is 0 Å². The van der Waals surface area contributed by atoms with Crippen LogP contribution < -0.4 is 4.18 Å². The molecule has 0 heterocycles. The molecular weight excluding hydrogens is 590 g/mol. The Kier molecular flexibility index (Phi) is 7.37. The fraction of sp³-hybridized carbons (Fsp3) is 0.571. The molecule has 0 N–H and O–H groups in total. The molecule has 0 radical (unpaired) electrons. The quantitative estimate of drug-likeness (QED) is 0.242. The van der Waals surface area contributed by atoms with E-state index >= 15 is 0 Å². The van der Waals surface area contributed by atoms with Gasteiger partial charge in [0.05, 0.1) is 0 Å². The van der Waals surface area contributed by atoms with Crippen LogP contribution in [0.2, 0.25) is 0 Å². The zero-order chi connectivity index (χ0) is 29.2. The van der Waals surface area contributed by atoms with Gasteiger partial charge in [0.2, 0.25) is 0 Å². The first-order chi connectivity index (χ1) is 15.5. The Hall–Kier alpha value is -2.29. The van der Waals surface area contributed by atoms with Crippen LogP contribution in [0.4, 0.5) is 79.0 Å². The summed E-state index contributed by atoms with van der Waals surface area (Å²) in [6, 6.07) is 0.379. The third kappa shape index (κ3) is 4.17. The van der Waals surface area contributed by atoms with Crippen LogP contribution in [-0.4, -0.2) is 55.4 Å². The molecule has 0 bridgehead atoms. The predicted octanol–water partition coefficient (Wildman–Crippen LogP) is 6.50. The highest BCUT2D eigenvalue weighted by Gasteiger charge is 2.96. The molecule has 36 heavy (non-hydrogen) atoms. The van der Waals surface area contributed by atoms with Crippen molar-refractivity contribution in [2.24, 2.45) is 0 Å². The Labute approximate surface area is 185 Å². The van der Waals surface area contributed by atoms with Gasteiger partial charge in [0, 0.05) is 0 Å². The number of hydrogen-bond donors (Lipinski definition) is 0. The highest BCUT2D eigenvalue weighted by atomic mass is 32.2. The SMILES string of the molecule is O=S(=O)(Oc1ccc(F)cc1)C(F)(F)C(F)(F)C(F)(F)C(F)(F)C(F)(F)C(F)(F)C(F)(F)C(F)(F)F. The minimum Gasteiger partial charge on any atom is -0.378 e. The molecule has 210 valence electrons. The first-order valence-electron chi connectivity index (χ1n) is 7.88. The second-order valence-corrected chi connectivity index (χ2v) is 8.04. The van der Waals surface area contributed by atoms with Crippen LogP contribution in [0.5, 0.6) is 5.75 Å². The normalized spacial score (nSPS) is 15.7. The lowest BCUT2D eigenvalue weighted by atomic mass is 9.91. The van der Waals surface area contributed by atoms with Gasteiger partial charge in [-0.2, -0.15) is 83.1 Å². The summed E-state index contributed by atoms with van der Waals surface area (Å²) in [5, 5.41) is -7.81. The Morgan fingerprint density at radius 1 is 0.500 bits per heavy atom. The molecule has 0 aliphatic rings. The minimum atomic E-state index is -8.93. The topological polar surface area (TPSA) is 43.4 Å². The summed E-state index contributed by atoms with van der Waals surface area (Å²) < 4.78 is 262. The summed E-state index contributed by atoms with van der Waals surface area (Å²) in [4.78, 5) is 0. The van der Waals surface area contributed by atoms with Gasteiger partial charge in [0.15, 0.2) is 0 Å². The fourth-order valence-corrected chi connectivity index (χ4v) is 2.89. The van der Waals surface area contributed by atoms with Crippen LogP contribution in [0.3, 0.4) is 0 Å². The minimum absolute atomic E-state index is 0.0295. The smallest absolute Gasteiger partial charge is 0.378 e. The van der Waals surface area contributed by atoms with Crippen LogP contribution in [-0.2, 0) is 10.1 Å². The zero-order valence-corrected chi connectivity index (χ0v) is 16.6. The number of hydrogen-bond acceptors (Lipinski definition) is 3. The maximum absolute atomic E-state index is 13.8. The van der Waals surface area contributed by atoms with E-state index in [1.54, 1.807) is 0 Å². The maximum atomic E-state index is 13.8. The molecule has 0 spiro atoms. The van der Waals surface area contributed by atoms with Crippen molar-refractivity contribution < 1.29 is 91.6 Å². The molecule has 3 nitrogen and oxygen atoms in total. The summed E-state index contributed by atoms with van der Waals surface area (Å²) in [5.74, 6) is -55.1. The van der Waals surface area contributed by atoms with Crippen LogP contribution in [0.1, 0.15) is 0 Å². The second kappa shape index (κ2) is 8.36. The van der Waals surface area contributed by atoms with Crippen LogP contribution >= 0.6 is 0 Å². The molecule has 1 aromatic rings. The standard InChI is InChI=1S/C14H4F18O3S/c15-5-1-3-6(4-2-5)35-36(33,34)14(31,32)12(26,27)10(22,23)8(18,19)7(16,17)9(20,21)11(24,25)13(28,29)30/h1-4H. The third-order valence-electron chi connectivity index (χ3n) is 4.03. The van der Waals surface area contributed by atoms with Gasteiger partial charge in [0.1, 0.15) is 11.6 Å². The molecule has 0 atom stereocenters. The van der Waals surface area contributed by atoms with E-state index < -0.39 is 68.7 Å². The Morgan fingerprint density at radius 2 is 0.806 bits per heavy atom. The van der Waals surface area contributed by atoms with E-state index in [2.05, 4.69) is 4.18 Å². The Bertz CT molecular complexity index is 1060. The molecule has 0 amide bonds. The van der Waals surface area contributed by atoms with Gasteiger partial charge in [0.25, 0.3) is 0 Å². The third-order valence-corrected chi connectivity index (χ3v) is 5.32. The van der Waals surface area contributed by atoms with Gasteiger partial charge in [-0.3, -0.25) is 0 Å². The number of alkyl halides is 17. The predicted molar refractivity (Wildman–Crippen MR) is 76.6 cm³/mol. The fourth-order valence-electron chi connectivity index (χ4n) is 1.98. The van der Waals surface area contributed by atoms with Crippen molar-refractivity contribution in [2.75, 3.05) is 0 Å². The van der Waals surface area contributed by atoms with Gasteiger partial charge >= 0.3 is 57.1 Å². The van der Waals surface area contributed by atoms with Crippen molar-refractivity contribution in [3.8, 4) is 5.75 Å². The van der Waals surface area contributed by atoms with Crippen molar-refractivity contribution in [3.63, 3.8) is 0 Å². The molecule has 1 rings (SSSR count). The summed E-state index contributed by atoms with van der Waals surface area (Å²) in [5.41, 5.74) is 0. The summed E-state index contributed by atoms with van der Waals surface area (Å²) in [6.45, 7) is 0. The van der Waals surface area contributed by atoms with Gasteiger partial charge < -0.3 is 4.18 Å². The molecule has 0 saturated heterocycles. The lowest BCUT2D eigenvalue weighted by Gasteiger charge is -2.42. The maximum Gasteiger partial charge on any atom is 0.460 e. The lowest BCUT2D eigenvalue weighted by Crippen LogP contribution is -2.75. The first-order valence-corrected chi connectivity index (χ1v) is 9.29. The van der Waals surface area contributed by atoms with E-state index in [4.69, 9.17) is 0 Å². The van der Waals surface area contributed by atoms with Gasteiger partial charge in [-0.05, 0) is 24.3 Å². The van der Waals surface area contributed by atoms with Crippen LogP contribution in [0.15, 0.2) is 24.3 Å². The summed E-state index contributed by atoms with van der Waals surface area (Å²) in [6.07, 6.45) is -7.91. The van der Waals surface area contributed by atoms with Gasteiger partial charge in [-0.1, -0.05) is 0 Å². The van der Waals surface area contributed by atoms with E-state index in [-0.39, 0.29) is 24.3 Å². The average Bonchev–Trinajstić information content (AvgIpc) is 2.67. The lowest BCUT2D eigenvalue weighted by molar-refractivity contribution is -0.458. The van der Waals surface area contributed by atoms with Crippen molar-refractivity contribution in [2.45, 2.75) is 47.0 Å². The molecule has 0 saturated carbocycles. The molecule has 0 aliphatic carbocycles. The van der Waals surface area contributed by atoms with Crippen LogP contribution in [0, 0.1) is 5.82 Å². The Morgan fingerprint density at radius 3 is 1.14 bits per heavy atom. The van der Waals surface area contributed by atoms with Crippen LogP contribution in [0.25, 0.3) is 0 Å². The molecular formula is C14H4F18O3S.